The van der Waals surface area contributed by atoms with Crippen molar-refractivity contribution in [2.45, 2.75) is 39.5 Å². The summed E-state index contributed by atoms with van der Waals surface area (Å²) in [6, 6.07) is 9.10. The van der Waals surface area contributed by atoms with E-state index in [1.165, 1.54) is 30.4 Å². The van der Waals surface area contributed by atoms with E-state index in [9.17, 15) is 0 Å². The van der Waals surface area contributed by atoms with E-state index in [0.717, 1.165) is 32.0 Å². The van der Waals surface area contributed by atoms with Gasteiger partial charge in [0.1, 0.15) is 0 Å². The monoisotopic (exact) mass is 263 g/mol. The van der Waals surface area contributed by atoms with Gasteiger partial charge < -0.3 is 10.1 Å². The van der Waals surface area contributed by atoms with E-state index in [2.05, 4.69) is 43.4 Å². The van der Waals surface area contributed by atoms with Gasteiger partial charge in [0.05, 0.1) is 6.61 Å². The molecule has 0 aromatic heterocycles. The summed E-state index contributed by atoms with van der Waals surface area (Å²) in [5, 5.41) is 3.49. The average molecular weight is 263 g/mol. The molecule has 0 amide bonds. The molecular weight excluding hydrogens is 234 g/mol. The minimum Gasteiger partial charge on any atom is -0.383 e. The normalized spacial score (nSPS) is 12.6. The molecule has 0 aliphatic carbocycles. The lowest BCUT2D eigenvalue weighted by atomic mass is 9.94. The highest BCUT2D eigenvalue weighted by molar-refractivity contribution is 5.22. The first-order chi connectivity index (χ1) is 9.30. The number of benzene rings is 1. The van der Waals surface area contributed by atoms with Crippen LogP contribution in [0.5, 0.6) is 0 Å². The topological polar surface area (TPSA) is 21.3 Å². The number of rotatable bonds is 10. The quantitative estimate of drug-likeness (QED) is 0.653. The summed E-state index contributed by atoms with van der Waals surface area (Å²) >= 11 is 0. The van der Waals surface area contributed by atoms with Gasteiger partial charge in [-0.05, 0) is 42.9 Å². The van der Waals surface area contributed by atoms with Crippen LogP contribution in [0, 0.1) is 5.92 Å². The second kappa shape index (κ2) is 9.99. The molecule has 0 radical (unpaired) electrons. The van der Waals surface area contributed by atoms with Crippen LogP contribution >= 0.6 is 0 Å². The first kappa shape index (κ1) is 16.2. The molecule has 0 spiro atoms. The molecule has 1 rings (SSSR count). The third-order valence-electron chi connectivity index (χ3n) is 3.57. The molecule has 1 aromatic carbocycles. The Labute approximate surface area is 118 Å². The van der Waals surface area contributed by atoms with Crippen LogP contribution in [0.4, 0.5) is 0 Å². The highest BCUT2D eigenvalue weighted by Crippen LogP contribution is 2.14. The largest absolute Gasteiger partial charge is 0.383 e. The van der Waals surface area contributed by atoms with Crippen LogP contribution < -0.4 is 5.32 Å². The number of nitrogens with one attached hydrogen (secondary N) is 1. The molecule has 1 unspecified atom stereocenters. The van der Waals surface area contributed by atoms with Crippen LogP contribution in [0.3, 0.4) is 0 Å². The number of hydrogen-bond acceptors (Lipinski definition) is 2. The Bertz CT molecular complexity index is 321. The van der Waals surface area contributed by atoms with Crippen LogP contribution in [-0.2, 0) is 17.6 Å². The summed E-state index contributed by atoms with van der Waals surface area (Å²) < 4.78 is 5.06. The predicted octanol–water partition coefficient (Wildman–Crippen LogP) is 3.44. The fraction of sp³-hybridized carbons (Fsp3) is 0.647. The fourth-order valence-corrected chi connectivity index (χ4v) is 2.41. The van der Waals surface area contributed by atoms with E-state index < -0.39 is 0 Å². The fourth-order valence-electron chi connectivity index (χ4n) is 2.41. The zero-order chi connectivity index (χ0) is 13.9. The Morgan fingerprint density at radius 3 is 2.37 bits per heavy atom. The Balaban J connectivity index is 2.42. The first-order valence-corrected chi connectivity index (χ1v) is 7.57. The molecule has 1 N–H and O–H groups in total. The summed E-state index contributed by atoms with van der Waals surface area (Å²) in [5.41, 5.74) is 2.89. The highest BCUT2D eigenvalue weighted by atomic mass is 16.5. The van der Waals surface area contributed by atoms with Crippen LogP contribution in [0.1, 0.15) is 37.8 Å². The van der Waals surface area contributed by atoms with Gasteiger partial charge in [0.2, 0.25) is 0 Å². The Kier molecular flexibility index (Phi) is 8.52. The Hall–Kier alpha value is -0.860. The molecule has 108 valence electrons. The minimum absolute atomic E-state index is 0.731. The second-order valence-corrected chi connectivity index (χ2v) is 5.23. The summed E-state index contributed by atoms with van der Waals surface area (Å²) in [7, 11) is 1.75. The van der Waals surface area contributed by atoms with Gasteiger partial charge in [-0.25, -0.2) is 0 Å². The van der Waals surface area contributed by atoms with Gasteiger partial charge in [-0.2, -0.15) is 0 Å². The summed E-state index contributed by atoms with van der Waals surface area (Å²) in [5.74, 6) is 0.731. The van der Waals surface area contributed by atoms with E-state index in [-0.39, 0.29) is 0 Å². The highest BCUT2D eigenvalue weighted by Gasteiger charge is 2.08. The van der Waals surface area contributed by atoms with Crippen molar-refractivity contribution in [3.05, 3.63) is 35.4 Å². The molecule has 0 saturated carbocycles. The molecule has 1 atom stereocenters. The maximum absolute atomic E-state index is 5.06. The lowest BCUT2D eigenvalue weighted by molar-refractivity contribution is 0.197. The van der Waals surface area contributed by atoms with Crippen molar-refractivity contribution in [2.75, 3.05) is 26.8 Å². The predicted molar refractivity (Wildman–Crippen MR) is 82.7 cm³/mol. The average Bonchev–Trinajstić information content (AvgIpc) is 2.44. The zero-order valence-electron chi connectivity index (χ0n) is 12.7. The van der Waals surface area contributed by atoms with Crippen molar-refractivity contribution in [2.24, 2.45) is 5.92 Å². The summed E-state index contributed by atoms with van der Waals surface area (Å²) in [6.07, 6.45) is 4.84. The molecule has 0 saturated heterocycles. The number of aryl methyl sites for hydroxylation is 1. The van der Waals surface area contributed by atoms with Crippen LogP contribution in [0.15, 0.2) is 24.3 Å². The van der Waals surface area contributed by atoms with Gasteiger partial charge in [0.25, 0.3) is 0 Å². The lowest BCUT2D eigenvalue weighted by Crippen LogP contribution is -2.27. The van der Waals surface area contributed by atoms with Crippen LogP contribution in [0.25, 0.3) is 0 Å². The molecule has 2 nitrogen and oxygen atoms in total. The Morgan fingerprint density at radius 1 is 1.11 bits per heavy atom. The summed E-state index contributed by atoms with van der Waals surface area (Å²) in [6.45, 7) is 7.30. The maximum atomic E-state index is 5.06. The van der Waals surface area contributed by atoms with Gasteiger partial charge in [-0.15, -0.1) is 0 Å². The molecule has 0 fully saturated rings. The van der Waals surface area contributed by atoms with Crippen molar-refractivity contribution in [3.8, 4) is 0 Å². The zero-order valence-corrected chi connectivity index (χ0v) is 12.7. The van der Waals surface area contributed by atoms with Gasteiger partial charge in [0, 0.05) is 13.7 Å². The van der Waals surface area contributed by atoms with Gasteiger partial charge in [-0.3, -0.25) is 0 Å². The van der Waals surface area contributed by atoms with Gasteiger partial charge >= 0.3 is 0 Å². The second-order valence-electron chi connectivity index (χ2n) is 5.23. The third kappa shape index (κ3) is 6.74. The van der Waals surface area contributed by atoms with Gasteiger partial charge in [-0.1, -0.05) is 44.5 Å². The summed E-state index contributed by atoms with van der Waals surface area (Å²) in [4.78, 5) is 0. The smallest absolute Gasteiger partial charge is 0.0587 e. The molecule has 0 heterocycles. The number of ether oxygens (including phenoxy) is 1. The van der Waals surface area contributed by atoms with Crippen molar-refractivity contribution in [1.29, 1.82) is 0 Å². The van der Waals surface area contributed by atoms with E-state index >= 15 is 0 Å². The minimum atomic E-state index is 0.731. The maximum Gasteiger partial charge on any atom is 0.0587 e. The standard InChI is InChI=1S/C17H29NO/c1-4-6-17(14-18-11-12-19-3)13-16-9-7-15(5-2)8-10-16/h7-10,17-18H,4-6,11-14H2,1-3H3. The first-order valence-electron chi connectivity index (χ1n) is 7.57. The van der Waals surface area contributed by atoms with Crippen molar-refractivity contribution < 1.29 is 4.74 Å². The molecule has 0 bridgehead atoms. The van der Waals surface area contributed by atoms with E-state index in [4.69, 9.17) is 4.74 Å². The van der Waals surface area contributed by atoms with Gasteiger partial charge in [0.15, 0.2) is 0 Å². The van der Waals surface area contributed by atoms with E-state index in [1.54, 1.807) is 7.11 Å². The van der Waals surface area contributed by atoms with E-state index in [0.29, 0.717) is 0 Å². The Morgan fingerprint density at radius 2 is 1.79 bits per heavy atom. The molecular formula is C17H29NO. The van der Waals surface area contributed by atoms with Crippen LogP contribution in [-0.4, -0.2) is 26.8 Å². The molecule has 0 aliphatic heterocycles. The van der Waals surface area contributed by atoms with E-state index in [1.807, 2.05) is 0 Å². The molecule has 2 heteroatoms. The van der Waals surface area contributed by atoms with Crippen molar-refractivity contribution in [1.82, 2.24) is 5.32 Å². The number of hydrogen-bond donors (Lipinski definition) is 1. The third-order valence-corrected chi connectivity index (χ3v) is 3.57. The van der Waals surface area contributed by atoms with Crippen molar-refractivity contribution in [3.63, 3.8) is 0 Å². The SMILES string of the molecule is CCCC(CNCCOC)Cc1ccc(CC)cc1. The van der Waals surface area contributed by atoms with Crippen molar-refractivity contribution >= 4 is 0 Å². The molecule has 0 aliphatic rings. The molecule has 1 aromatic rings. The lowest BCUT2D eigenvalue weighted by Gasteiger charge is -2.17. The van der Waals surface area contributed by atoms with Crippen LogP contribution in [0.2, 0.25) is 0 Å². The molecule has 19 heavy (non-hydrogen) atoms. The number of methoxy groups -OCH3 is 1.